The van der Waals surface area contributed by atoms with E-state index in [0.717, 1.165) is 18.5 Å². The summed E-state index contributed by atoms with van der Waals surface area (Å²) in [5.41, 5.74) is 7.62. The largest absolute Gasteiger partial charge is 0.359 e. The van der Waals surface area contributed by atoms with Gasteiger partial charge in [-0.25, -0.2) is 0 Å². The van der Waals surface area contributed by atoms with Gasteiger partial charge in [0.25, 0.3) is 0 Å². The summed E-state index contributed by atoms with van der Waals surface area (Å²) in [6.45, 7) is 12.0. The molecule has 0 atom stereocenters. The zero-order valence-corrected chi connectivity index (χ0v) is 22.3. The summed E-state index contributed by atoms with van der Waals surface area (Å²) in [5.74, 6) is 0. The molecule has 4 aromatic carbocycles. The Labute approximate surface area is 213 Å². The van der Waals surface area contributed by atoms with Gasteiger partial charge in [-0.2, -0.15) is 0 Å². The molecule has 0 fully saturated rings. The molecule has 0 unspecified atom stereocenters. The number of hydrogen-bond acceptors (Lipinski definition) is 1. The van der Waals surface area contributed by atoms with Crippen LogP contribution in [0.25, 0.3) is 27.5 Å². The highest BCUT2D eigenvalue weighted by Crippen LogP contribution is 2.30. The first-order valence-corrected chi connectivity index (χ1v) is 13.2. The lowest BCUT2D eigenvalue weighted by Crippen LogP contribution is -2.03. The van der Waals surface area contributed by atoms with Gasteiger partial charge in [-0.15, -0.1) is 0 Å². The molecule has 1 aliphatic carbocycles. The van der Waals surface area contributed by atoms with Crippen LogP contribution < -0.4 is 5.32 Å². The molecular weight excluding hydrogens is 422 g/mol. The maximum Gasteiger partial charge on any atom is 0.0382 e. The molecule has 0 saturated carbocycles. The van der Waals surface area contributed by atoms with E-state index in [1.807, 2.05) is 41.5 Å². The molecule has 35 heavy (non-hydrogen) atoms. The van der Waals surface area contributed by atoms with Crippen molar-refractivity contribution in [2.75, 3.05) is 5.32 Å². The molecule has 0 radical (unpaired) electrons. The molecule has 1 aliphatic rings. The van der Waals surface area contributed by atoms with E-state index in [4.69, 9.17) is 0 Å². The Morgan fingerprint density at radius 1 is 0.486 bits per heavy atom. The fraction of sp³-hybridized carbons (Fsp3) is 0.235. The van der Waals surface area contributed by atoms with Gasteiger partial charge in [-0.05, 0) is 70.2 Å². The lowest BCUT2D eigenvalue weighted by Gasteiger charge is -2.17. The zero-order valence-electron chi connectivity index (χ0n) is 22.3. The van der Waals surface area contributed by atoms with Crippen molar-refractivity contribution in [2.24, 2.45) is 0 Å². The summed E-state index contributed by atoms with van der Waals surface area (Å²) >= 11 is 0. The van der Waals surface area contributed by atoms with Crippen molar-refractivity contribution in [3.8, 4) is 11.1 Å². The number of hydrogen-bond donors (Lipinski definition) is 1. The van der Waals surface area contributed by atoms with Gasteiger partial charge in [-0.3, -0.25) is 0 Å². The fourth-order valence-corrected chi connectivity index (χ4v) is 3.93. The fourth-order valence-electron chi connectivity index (χ4n) is 3.93. The van der Waals surface area contributed by atoms with Crippen molar-refractivity contribution >= 4 is 22.0 Å². The quantitative estimate of drug-likeness (QED) is 0.317. The third kappa shape index (κ3) is 7.72. The van der Waals surface area contributed by atoms with Gasteiger partial charge in [0.05, 0.1) is 0 Å². The maximum atomic E-state index is 3.58. The van der Waals surface area contributed by atoms with Crippen molar-refractivity contribution in [1.82, 2.24) is 0 Å². The Balaban J connectivity index is 0.000000671. The average molecular weight is 464 g/mol. The second-order valence-corrected chi connectivity index (χ2v) is 7.51. The van der Waals surface area contributed by atoms with Crippen molar-refractivity contribution in [3.63, 3.8) is 0 Å². The summed E-state index contributed by atoms with van der Waals surface area (Å²) in [5, 5.41) is 6.18. The number of anilines is 1. The highest BCUT2D eigenvalue weighted by molar-refractivity contribution is 5.86. The normalized spacial score (nSPS) is 11.8. The Kier molecular flexibility index (Phi) is 12.1. The Morgan fingerprint density at radius 3 is 1.69 bits per heavy atom. The minimum absolute atomic E-state index is 1.03. The van der Waals surface area contributed by atoms with Gasteiger partial charge >= 0.3 is 0 Å². The predicted molar refractivity (Wildman–Crippen MR) is 159 cm³/mol. The summed E-state index contributed by atoms with van der Waals surface area (Å²) < 4.78 is 0. The molecule has 0 saturated heterocycles. The summed E-state index contributed by atoms with van der Waals surface area (Å²) in [4.78, 5) is 0. The van der Waals surface area contributed by atoms with E-state index >= 15 is 0 Å². The summed E-state index contributed by atoms with van der Waals surface area (Å²) in [7, 11) is 0. The molecule has 0 amide bonds. The number of nitrogens with one attached hydrogen (secondary N) is 1. The van der Waals surface area contributed by atoms with E-state index in [-0.39, 0.29) is 0 Å². The molecule has 1 N–H and O–H groups in total. The van der Waals surface area contributed by atoms with E-state index in [1.165, 1.54) is 38.7 Å². The molecule has 1 nitrogen and oxygen atoms in total. The van der Waals surface area contributed by atoms with Crippen LogP contribution in [-0.2, 0) is 0 Å². The average Bonchev–Trinajstić information content (AvgIpc) is 2.97. The van der Waals surface area contributed by atoms with Crippen molar-refractivity contribution in [3.05, 3.63) is 120 Å². The van der Waals surface area contributed by atoms with Crippen LogP contribution in [0.1, 0.15) is 59.9 Å². The predicted octanol–water partition coefficient (Wildman–Crippen LogP) is 10.8. The Morgan fingerprint density at radius 2 is 1.06 bits per heavy atom. The third-order valence-electron chi connectivity index (χ3n) is 5.57. The molecule has 0 spiro atoms. The van der Waals surface area contributed by atoms with E-state index in [1.54, 1.807) is 0 Å². The van der Waals surface area contributed by atoms with Gasteiger partial charge in [0.1, 0.15) is 0 Å². The summed E-state index contributed by atoms with van der Waals surface area (Å²) in [6, 6.07) is 34.5. The molecule has 1 heteroatoms. The second-order valence-electron chi connectivity index (χ2n) is 7.51. The number of benzene rings is 4. The van der Waals surface area contributed by atoms with Crippen LogP contribution in [0.3, 0.4) is 0 Å². The Bertz CT molecular complexity index is 1200. The molecule has 0 heterocycles. The number of rotatable bonds is 4. The smallest absolute Gasteiger partial charge is 0.0382 e. The molecule has 4 aromatic rings. The lowest BCUT2D eigenvalue weighted by molar-refractivity contribution is 0.982. The van der Waals surface area contributed by atoms with Crippen molar-refractivity contribution in [2.45, 2.75) is 54.4 Å². The first-order valence-electron chi connectivity index (χ1n) is 13.2. The molecule has 0 aliphatic heterocycles. The lowest BCUT2D eigenvalue weighted by atomic mass is 9.94. The monoisotopic (exact) mass is 463 g/mol. The minimum atomic E-state index is 1.03. The van der Waals surface area contributed by atoms with Crippen LogP contribution in [0, 0.1) is 0 Å². The first kappa shape index (κ1) is 27.7. The SMILES string of the molecule is C1=C(Nc2ccc(-c3ccccc3)cc2)CCC(c2ccc3ccccc3c2)=C1.CC.CC.CC. The van der Waals surface area contributed by atoms with Gasteiger partial charge in [0.15, 0.2) is 0 Å². The van der Waals surface area contributed by atoms with Crippen LogP contribution in [-0.4, -0.2) is 0 Å². The van der Waals surface area contributed by atoms with Gasteiger partial charge in [0.2, 0.25) is 0 Å². The van der Waals surface area contributed by atoms with Crippen LogP contribution >= 0.6 is 0 Å². The highest BCUT2D eigenvalue weighted by atomic mass is 14.9. The van der Waals surface area contributed by atoms with Gasteiger partial charge in [-0.1, -0.05) is 126 Å². The van der Waals surface area contributed by atoms with Crippen molar-refractivity contribution in [1.29, 1.82) is 0 Å². The van der Waals surface area contributed by atoms with Crippen molar-refractivity contribution < 1.29 is 0 Å². The maximum absolute atomic E-state index is 3.58. The highest BCUT2D eigenvalue weighted by Gasteiger charge is 2.09. The van der Waals surface area contributed by atoms with Crippen LogP contribution in [0.15, 0.2) is 115 Å². The van der Waals surface area contributed by atoms with Gasteiger partial charge in [0, 0.05) is 11.4 Å². The van der Waals surface area contributed by atoms with Gasteiger partial charge < -0.3 is 5.32 Å². The van der Waals surface area contributed by atoms with E-state index in [9.17, 15) is 0 Å². The topological polar surface area (TPSA) is 12.0 Å². The Hall–Kier alpha value is -3.58. The molecular formula is C34H41N. The van der Waals surface area contributed by atoms with E-state index in [0.29, 0.717) is 0 Å². The molecule has 0 aromatic heterocycles. The second kappa shape index (κ2) is 15.3. The van der Waals surface area contributed by atoms with Crippen LogP contribution in [0.4, 0.5) is 5.69 Å². The molecule has 5 rings (SSSR count). The van der Waals surface area contributed by atoms with Crippen LogP contribution in [0.5, 0.6) is 0 Å². The number of fused-ring (bicyclic) bond motifs is 1. The van der Waals surface area contributed by atoms with E-state index < -0.39 is 0 Å². The molecule has 0 bridgehead atoms. The summed E-state index contributed by atoms with van der Waals surface area (Å²) in [6.07, 6.45) is 6.56. The van der Waals surface area contributed by atoms with Crippen LogP contribution in [0.2, 0.25) is 0 Å². The zero-order chi connectivity index (χ0) is 25.5. The first-order chi connectivity index (χ1) is 17.3. The third-order valence-corrected chi connectivity index (χ3v) is 5.57. The minimum Gasteiger partial charge on any atom is -0.359 e. The number of allylic oxidation sites excluding steroid dienone is 4. The molecule has 182 valence electrons. The van der Waals surface area contributed by atoms with E-state index in [2.05, 4.69) is 115 Å². The standard InChI is InChI=1S/C28H23N.3C2H6/c1-2-6-21(7-3-1)23-12-16-27(17-13-23)29-28-18-14-24(15-19-28)26-11-10-22-8-4-5-9-25(22)20-26;3*1-2/h1-14,16-18,20,29H,15,19H2;3*1-2H3.